The minimum absolute atomic E-state index is 0.0566. The van der Waals surface area contributed by atoms with E-state index in [1.165, 1.54) is 43.7 Å². The molecule has 2 saturated heterocycles. The highest BCUT2D eigenvalue weighted by molar-refractivity contribution is 6.10. The fourth-order valence-corrected chi connectivity index (χ4v) is 7.11. The molecule has 7 heteroatoms. The van der Waals surface area contributed by atoms with Crippen LogP contribution in [0.2, 0.25) is 0 Å². The lowest BCUT2D eigenvalue weighted by Gasteiger charge is -2.41. The normalized spacial score (nSPS) is 23.8. The maximum atomic E-state index is 14.0. The smallest absolute Gasteiger partial charge is 0.272 e. The number of hydrogen-bond acceptors (Lipinski definition) is 4. The van der Waals surface area contributed by atoms with Crippen LogP contribution < -0.4 is 0 Å². The third-order valence-electron chi connectivity index (χ3n) is 9.73. The average Bonchev–Trinajstić information content (AvgIpc) is 3.69. The van der Waals surface area contributed by atoms with E-state index < -0.39 is 5.54 Å². The van der Waals surface area contributed by atoms with E-state index in [2.05, 4.69) is 23.0 Å². The van der Waals surface area contributed by atoms with Crippen molar-refractivity contribution in [3.05, 3.63) is 77.3 Å². The Balaban J connectivity index is 1.17. The predicted octanol–water partition coefficient (Wildman–Crippen LogP) is 6.28. The summed E-state index contributed by atoms with van der Waals surface area (Å²) in [7, 11) is 0. The number of nitrogens with zero attached hydrogens (tertiary/aromatic N) is 3. The highest BCUT2D eigenvalue weighted by Gasteiger charge is 2.55. The number of nitrogens with one attached hydrogen (secondary N) is 1. The first-order valence-electron chi connectivity index (χ1n) is 15.2. The quantitative estimate of drug-likeness (QED) is 0.276. The van der Waals surface area contributed by atoms with Crippen molar-refractivity contribution in [1.29, 1.82) is 0 Å². The monoisotopic (exact) mass is 552 g/mol. The molecule has 0 radical (unpaired) electrons. The van der Waals surface area contributed by atoms with Crippen molar-refractivity contribution in [2.24, 2.45) is 5.92 Å². The van der Waals surface area contributed by atoms with Crippen LogP contribution in [0, 0.1) is 5.92 Å². The molecule has 3 fully saturated rings. The van der Waals surface area contributed by atoms with Crippen molar-refractivity contribution in [2.75, 3.05) is 13.1 Å². The highest BCUT2D eigenvalue weighted by atomic mass is 16.2. The molecular weight excluding hydrogens is 512 g/mol. The van der Waals surface area contributed by atoms with Gasteiger partial charge in [0.05, 0.1) is 17.3 Å². The minimum Gasteiger partial charge on any atom is -0.352 e. The van der Waals surface area contributed by atoms with E-state index in [0.29, 0.717) is 36.0 Å². The summed E-state index contributed by atoms with van der Waals surface area (Å²) in [6, 6.07) is 13.5. The van der Waals surface area contributed by atoms with Crippen LogP contribution in [0.5, 0.6) is 0 Å². The van der Waals surface area contributed by atoms with Crippen LogP contribution in [0.1, 0.15) is 98.2 Å². The van der Waals surface area contributed by atoms with Crippen LogP contribution in [0.4, 0.5) is 0 Å². The Bertz CT molecular complexity index is 1470. The van der Waals surface area contributed by atoms with E-state index in [9.17, 15) is 14.4 Å². The number of benzene rings is 1. The van der Waals surface area contributed by atoms with Crippen molar-refractivity contribution < 1.29 is 14.4 Å². The Hall–Kier alpha value is -3.74. The van der Waals surface area contributed by atoms with Gasteiger partial charge in [-0.2, -0.15) is 0 Å². The molecular formula is C34H40N4O3. The third kappa shape index (κ3) is 5.11. The van der Waals surface area contributed by atoms with Crippen LogP contribution >= 0.6 is 0 Å². The van der Waals surface area contributed by atoms with E-state index >= 15 is 0 Å². The van der Waals surface area contributed by atoms with Crippen molar-refractivity contribution in [2.45, 2.75) is 83.2 Å². The number of aromatic nitrogens is 2. The summed E-state index contributed by atoms with van der Waals surface area (Å²) < 4.78 is 0. The average molecular weight is 553 g/mol. The first-order chi connectivity index (χ1) is 19.8. The van der Waals surface area contributed by atoms with E-state index in [1.54, 1.807) is 0 Å². The topological polar surface area (TPSA) is 86.4 Å². The number of hydrogen-bond donors (Lipinski definition) is 1. The van der Waals surface area contributed by atoms with Crippen molar-refractivity contribution in [1.82, 2.24) is 19.8 Å². The Morgan fingerprint density at radius 3 is 2.56 bits per heavy atom. The minimum atomic E-state index is -0.476. The Morgan fingerprint density at radius 2 is 1.90 bits per heavy atom. The number of pyridine rings is 1. The van der Waals surface area contributed by atoms with Crippen LogP contribution in [-0.4, -0.2) is 62.0 Å². The lowest BCUT2D eigenvalue weighted by Crippen LogP contribution is -2.56. The summed E-state index contributed by atoms with van der Waals surface area (Å²) in [6.45, 7) is 7.03. The molecule has 0 spiro atoms. The number of allylic oxidation sites excluding steroid dienone is 1. The van der Waals surface area contributed by atoms with E-state index in [0.717, 1.165) is 23.7 Å². The van der Waals surface area contributed by atoms with Gasteiger partial charge >= 0.3 is 0 Å². The van der Waals surface area contributed by atoms with Gasteiger partial charge in [0.1, 0.15) is 5.69 Å². The lowest BCUT2D eigenvalue weighted by atomic mass is 9.85. The van der Waals surface area contributed by atoms with Crippen molar-refractivity contribution >= 4 is 28.5 Å². The van der Waals surface area contributed by atoms with Gasteiger partial charge in [0.15, 0.2) is 0 Å². The third-order valence-corrected chi connectivity index (χ3v) is 9.73. The number of likely N-dealkylation sites (tertiary alicyclic amines) is 2. The number of fused-ring (bicyclic) bond motifs is 3. The summed E-state index contributed by atoms with van der Waals surface area (Å²) in [5, 5.41) is 0.966. The molecule has 1 aromatic carbocycles. The fraction of sp³-hybridized carbons (Fsp3) is 0.471. The molecule has 4 heterocycles. The van der Waals surface area contributed by atoms with E-state index in [-0.39, 0.29) is 29.6 Å². The first kappa shape index (κ1) is 27.4. The molecule has 7 nitrogen and oxygen atoms in total. The zero-order chi connectivity index (χ0) is 28.7. The van der Waals surface area contributed by atoms with E-state index in [1.807, 2.05) is 66.2 Å². The van der Waals surface area contributed by atoms with Crippen molar-refractivity contribution in [3.63, 3.8) is 0 Å². The highest BCUT2D eigenvalue weighted by Crippen LogP contribution is 2.42. The van der Waals surface area contributed by atoms with Gasteiger partial charge in [-0.15, -0.1) is 0 Å². The molecule has 6 rings (SSSR count). The number of ketones is 1. The number of H-pyrrole nitrogens is 1. The van der Waals surface area contributed by atoms with Gasteiger partial charge in [0.2, 0.25) is 5.78 Å². The van der Waals surface area contributed by atoms with Gasteiger partial charge < -0.3 is 14.8 Å². The maximum absolute atomic E-state index is 14.0. The number of para-hydroxylation sites is 1. The van der Waals surface area contributed by atoms with Crippen LogP contribution in [0.3, 0.4) is 0 Å². The second-order valence-electron chi connectivity index (χ2n) is 12.6. The Kier molecular flexibility index (Phi) is 7.30. The number of amides is 2. The molecule has 1 saturated carbocycles. The van der Waals surface area contributed by atoms with Gasteiger partial charge in [-0.25, -0.2) is 0 Å². The number of carbonyl (C=O) groups is 3. The zero-order valence-corrected chi connectivity index (χ0v) is 24.4. The maximum Gasteiger partial charge on any atom is 0.272 e. The Labute approximate surface area is 242 Å². The molecule has 2 bridgehead atoms. The summed E-state index contributed by atoms with van der Waals surface area (Å²) >= 11 is 0. The van der Waals surface area contributed by atoms with Crippen LogP contribution in [0.15, 0.2) is 60.3 Å². The molecule has 2 amide bonds. The second kappa shape index (κ2) is 10.9. The summed E-state index contributed by atoms with van der Waals surface area (Å²) in [4.78, 5) is 52.4. The molecule has 2 aromatic heterocycles. The molecule has 1 N–H and O–H groups in total. The standard InChI is InChI=1S/C34H40N4O3/c1-4-22(2)27(17-31(39)30-16-24-12-8-9-13-28(24)36-30)32(40)38-20-26-18-34(38,3)21-37(26)33(41)29-15-14-25(19-35-29)23-10-6-5-7-11-23/h8-9,12-17,19,22-23,26,36H,4-7,10-11,18,20-21H2,1-3H3. The predicted molar refractivity (Wildman–Crippen MR) is 160 cm³/mol. The van der Waals surface area contributed by atoms with E-state index in [4.69, 9.17) is 0 Å². The summed E-state index contributed by atoms with van der Waals surface area (Å²) in [5.41, 5.74) is 3.14. The van der Waals surface area contributed by atoms with Gasteiger partial charge in [0, 0.05) is 35.8 Å². The van der Waals surface area contributed by atoms with Crippen molar-refractivity contribution in [3.8, 4) is 0 Å². The molecule has 41 heavy (non-hydrogen) atoms. The molecule has 3 aromatic rings. The van der Waals surface area contributed by atoms with Gasteiger partial charge in [0.25, 0.3) is 11.8 Å². The van der Waals surface area contributed by atoms with Gasteiger partial charge in [-0.1, -0.05) is 57.4 Å². The van der Waals surface area contributed by atoms with Crippen LogP contribution in [-0.2, 0) is 4.79 Å². The number of piperazine rings is 1. The Morgan fingerprint density at radius 1 is 1.12 bits per heavy atom. The fourth-order valence-electron chi connectivity index (χ4n) is 7.11. The molecule has 3 atom stereocenters. The molecule has 3 aliphatic rings. The second-order valence-corrected chi connectivity index (χ2v) is 12.6. The molecule has 2 aliphatic heterocycles. The molecule has 3 unspecified atom stereocenters. The lowest BCUT2D eigenvalue weighted by molar-refractivity contribution is -0.132. The number of aromatic amines is 1. The van der Waals surface area contributed by atoms with Crippen LogP contribution in [0.25, 0.3) is 10.9 Å². The number of rotatable bonds is 7. The van der Waals surface area contributed by atoms with Gasteiger partial charge in [-0.3, -0.25) is 19.4 Å². The largest absolute Gasteiger partial charge is 0.352 e. The first-order valence-corrected chi connectivity index (χ1v) is 15.2. The summed E-state index contributed by atoms with van der Waals surface area (Å²) in [6.07, 6.45) is 11.1. The zero-order valence-electron chi connectivity index (χ0n) is 24.4. The summed E-state index contributed by atoms with van der Waals surface area (Å²) in [5.74, 6) is 0.128. The SMILES string of the molecule is CCC(C)C(=CC(=O)c1cc2ccccc2[nH]1)C(=O)N1CC2CC1(C)CN2C(=O)c1ccc(C2CCCCC2)cn1. The molecule has 1 aliphatic carbocycles. The van der Waals surface area contributed by atoms with Gasteiger partial charge in [-0.05, 0) is 74.3 Å². The number of carbonyl (C=O) groups excluding carboxylic acids is 3. The molecule has 214 valence electrons.